The Labute approximate surface area is 206 Å². The molecule has 0 aliphatic carbocycles. The van der Waals surface area contributed by atoms with Gasteiger partial charge >= 0.3 is 0 Å². The van der Waals surface area contributed by atoms with Crippen LogP contribution in [-0.4, -0.2) is 35.4 Å². The SMILES string of the molecule is Nc1c(S(=O)(=O)c2ccccc2)c2nc3ccccc3nc2n1CCNC(=O)c1ccccc1Cl. The monoisotopic (exact) mass is 505 g/mol. The van der Waals surface area contributed by atoms with E-state index in [-0.39, 0.29) is 40.1 Å². The Hall–Kier alpha value is -3.95. The smallest absolute Gasteiger partial charge is 0.252 e. The number of rotatable bonds is 6. The molecule has 1 amide bonds. The first-order valence-corrected chi connectivity index (χ1v) is 12.6. The van der Waals surface area contributed by atoms with E-state index in [0.29, 0.717) is 27.3 Å². The van der Waals surface area contributed by atoms with Crippen molar-refractivity contribution >= 4 is 55.4 Å². The highest BCUT2D eigenvalue weighted by Gasteiger charge is 2.30. The molecule has 2 aromatic heterocycles. The van der Waals surface area contributed by atoms with Gasteiger partial charge in [0, 0.05) is 13.1 Å². The standard InChI is InChI=1S/C25H20ClN5O3S/c26-18-11-5-4-10-17(18)25(32)28-14-15-31-23(27)22(35(33,34)16-8-2-1-3-9-16)21-24(31)30-20-13-7-6-12-19(20)29-21/h1-13H,14-15,27H2,(H,28,32). The first-order valence-electron chi connectivity index (χ1n) is 10.8. The number of hydrogen-bond donors (Lipinski definition) is 2. The summed E-state index contributed by atoms with van der Waals surface area (Å²) >= 11 is 6.11. The summed E-state index contributed by atoms with van der Waals surface area (Å²) < 4.78 is 28.7. The third kappa shape index (κ3) is 4.09. The van der Waals surface area contributed by atoms with Gasteiger partial charge in [0.25, 0.3) is 5.91 Å². The van der Waals surface area contributed by atoms with Crippen LogP contribution in [0.25, 0.3) is 22.2 Å². The van der Waals surface area contributed by atoms with Crippen LogP contribution in [0.3, 0.4) is 0 Å². The van der Waals surface area contributed by atoms with Crippen LogP contribution in [-0.2, 0) is 16.4 Å². The fraction of sp³-hybridized carbons (Fsp3) is 0.0800. The summed E-state index contributed by atoms with van der Waals surface area (Å²) in [4.78, 5) is 21.8. The minimum absolute atomic E-state index is 0.00570. The quantitative estimate of drug-likeness (QED) is 0.359. The third-order valence-electron chi connectivity index (χ3n) is 5.61. The Balaban J connectivity index is 1.58. The number of sulfone groups is 1. The van der Waals surface area contributed by atoms with E-state index < -0.39 is 9.84 Å². The Kier molecular flexibility index (Phi) is 5.88. The molecule has 0 unspecified atom stereocenters. The van der Waals surface area contributed by atoms with Gasteiger partial charge in [0.05, 0.1) is 26.5 Å². The van der Waals surface area contributed by atoms with Crippen molar-refractivity contribution in [3.05, 3.63) is 89.4 Å². The molecule has 0 atom stereocenters. The number of nitrogen functional groups attached to an aromatic ring is 1. The molecular formula is C25H20ClN5O3S. The minimum Gasteiger partial charge on any atom is -0.384 e. The van der Waals surface area contributed by atoms with Crippen molar-refractivity contribution < 1.29 is 13.2 Å². The molecule has 5 rings (SSSR count). The van der Waals surface area contributed by atoms with Gasteiger partial charge in [-0.1, -0.05) is 54.1 Å². The lowest BCUT2D eigenvalue weighted by Crippen LogP contribution is -2.27. The van der Waals surface area contributed by atoms with Crippen molar-refractivity contribution in [2.45, 2.75) is 16.3 Å². The molecule has 0 saturated carbocycles. The normalized spacial score (nSPS) is 11.7. The summed E-state index contributed by atoms with van der Waals surface area (Å²) in [5.41, 5.74) is 8.42. The number of fused-ring (bicyclic) bond motifs is 2. The minimum atomic E-state index is -3.99. The van der Waals surface area contributed by atoms with Gasteiger partial charge in [-0.3, -0.25) is 4.79 Å². The lowest BCUT2D eigenvalue weighted by atomic mass is 10.2. The molecule has 10 heteroatoms. The fourth-order valence-corrected chi connectivity index (χ4v) is 5.67. The molecule has 3 N–H and O–H groups in total. The summed E-state index contributed by atoms with van der Waals surface area (Å²) in [5.74, 6) is -0.342. The molecule has 35 heavy (non-hydrogen) atoms. The zero-order valence-electron chi connectivity index (χ0n) is 18.3. The van der Waals surface area contributed by atoms with Gasteiger partial charge in [-0.2, -0.15) is 0 Å². The van der Waals surface area contributed by atoms with Crippen LogP contribution in [0.2, 0.25) is 5.02 Å². The summed E-state index contributed by atoms with van der Waals surface area (Å²) in [7, 11) is -3.99. The Bertz CT molecular complexity index is 1680. The number of benzene rings is 3. The number of carbonyl (C=O) groups excluding carboxylic acids is 1. The number of nitrogens with zero attached hydrogens (tertiary/aromatic N) is 3. The second-order valence-corrected chi connectivity index (χ2v) is 10.1. The molecule has 0 spiro atoms. The van der Waals surface area contributed by atoms with Crippen LogP contribution in [0.5, 0.6) is 0 Å². The van der Waals surface area contributed by atoms with E-state index in [2.05, 4.69) is 15.3 Å². The highest BCUT2D eigenvalue weighted by Crippen LogP contribution is 2.35. The van der Waals surface area contributed by atoms with Gasteiger partial charge in [0.2, 0.25) is 9.84 Å². The third-order valence-corrected chi connectivity index (χ3v) is 7.77. The molecule has 3 aromatic carbocycles. The largest absolute Gasteiger partial charge is 0.384 e. The van der Waals surface area contributed by atoms with Crippen molar-refractivity contribution in [2.24, 2.45) is 0 Å². The molecule has 0 aliphatic heterocycles. The zero-order chi connectivity index (χ0) is 24.6. The van der Waals surface area contributed by atoms with Gasteiger partial charge in [0.1, 0.15) is 16.2 Å². The average molecular weight is 506 g/mol. The number of para-hydroxylation sites is 2. The van der Waals surface area contributed by atoms with Crippen molar-refractivity contribution in [2.75, 3.05) is 12.3 Å². The molecule has 2 heterocycles. The lowest BCUT2D eigenvalue weighted by Gasteiger charge is -2.10. The van der Waals surface area contributed by atoms with Crippen molar-refractivity contribution in [3.63, 3.8) is 0 Å². The van der Waals surface area contributed by atoms with E-state index in [0.717, 1.165) is 0 Å². The van der Waals surface area contributed by atoms with Gasteiger partial charge < -0.3 is 15.6 Å². The number of carbonyl (C=O) groups is 1. The lowest BCUT2D eigenvalue weighted by molar-refractivity contribution is 0.0952. The topological polar surface area (TPSA) is 120 Å². The molecule has 0 fully saturated rings. The number of nitrogens with one attached hydrogen (secondary N) is 1. The number of amides is 1. The van der Waals surface area contributed by atoms with Crippen LogP contribution in [0.15, 0.2) is 88.7 Å². The average Bonchev–Trinajstić information content (AvgIpc) is 3.14. The molecule has 176 valence electrons. The number of hydrogen-bond acceptors (Lipinski definition) is 6. The van der Waals surface area contributed by atoms with E-state index in [4.69, 9.17) is 17.3 Å². The van der Waals surface area contributed by atoms with Crippen LogP contribution >= 0.6 is 11.6 Å². The highest BCUT2D eigenvalue weighted by atomic mass is 35.5. The highest BCUT2D eigenvalue weighted by molar-refractivity contribution is 7.92. The fourth-order valence-electron chi connectivity index (χ4n) is 3.92. The number of aromatic nitrogens is 3. The van der Waals surface area contributed by atoms with Gasteiger partial charge in [-0.25, -0.2) is 18.4 Å². The molecule has 0 saturated heterocycles. The van der Waals surface area contributed by atoms with Gasteiger partial charge in [-0.05, 0) is 36.4 Å². The number of halogens is 1. The second kappa shape index (κ2) is 9.01. The van der Waals surface area contributed by atoms with Crippen LogP contribution in [0, 0.1) is 0 Å². The first-order chi connectivity index (χ1) is 16.9. The second-order valence-electron chi connectivity index (χ2n) is 7.80. The summed E-state index contributed by atoms with van der Waals surface area (Å²) in [6.07, 6.45) is 0. The van der Waals surface area contributed by atoms with E-state index in [1.165, 1.54) is 12.1 Å². The van der Waals surface area contributed by atoms with Crippen molar-refractivity contribution in [1.82, 2.24) is 19.9 Å². The van der Waals surface area contributed by atoms with Gasteiger partial charge in [0.15, 0.2) is 5.65 Å². The summed E-state index contributed by atoms with van der Waals surface area (Å²) in [6, 6.07) is 22.0. The molecule has 5 aromatic rings. The van der Waals surface area contributed by atoms with Crippen molar-refractivity contribution in [1.29, 1.82) is 0 Å². The Morgan fingerprint density at radius 1 is 0.914 bits per heavy atom. The van der Waals surface area contributed by atoms with Crippen molar-refractivity contribution in [3.8, 4) is 0 Å². The van der Waals surface area contributed by atoms with E-state index >= 15 is 0 Å². The number of anilines is 1. The maximum atomic E-state index is 13.6. The predicted molar refractivity (Wildman–Crippen MR) is 135 cm³/mol. The summed E-state index contributed by atoms with van der Waals surface area (Å²) in [6.45, 7) is 0.340. The number of nitrogens with two attached hydrogens (primary N) is 1. The van der Waals surface area contributed by atoms with Gasteiger partial charge in [-0.15, -0.1) is 0 Å². The molecule has 0 bridgehead atoms. The van der Waals surface area contributed by atoms with E-state index in [9.17, 15) is 13.2 Å². The van der Waals surface area contributed by atoms with Crippen LogP contribution in [0.4, 0.5) is 5.82 Å². The van der Waals surface area contributed by atoms with Crippen LogP contribution < -0.4 is 11.1 Å². The Morgan fingerprint density at radius 3 is 2.26 bits per heavy atom. The zero-order valence-corrected chi connectivity index (χ0v) is 19.9. The van der Waals surface area contributed by atoms with Crippen LogP contribution in [0.1, 0.15) is 10.4 Å². The first kappa shape index (κ1) is 22.8. The summed E-state index contributed by atoms with van der Waals surface area (Å²) in [5, 5.41) is 3.14. The molecule has 0 aliphatic rings. The van der Waals surface area contributed by atoms with E-state index in [1.54, 1.807) is 65.2 Å². The van der Waals surface area contributed by atoms with E-state index in [1.807, 2.05) is 6.07 Å². The predicted octanol–water partition coefficient (Wildman–Crippen LogP) is 4.08. The molecule has 0 radical (unpaired) electrons. The maximum Gasteiger partial charge on any atom is 0.252 e. The maximum absolute atomic E-state index is 13.6. The Morgan fingerprint density at radius 2 is 1.54 bits per heavy atom. The molecular weight excluding hydrogens is 486 g/mol. The molecule has 8 nitrogen and oxygen atoms in total.